The molecule has 31 heavy (non-hydrogen) atoms. The molecule has 0 aromatic heterocycles. The topological polar surface area (TPSA) is 58.1 Å². The van der Waals surface area contributed by atoms with E-state index in [2.05, 4.69) is 63.0 Å². The van der Waals surface area contributed by atoms with E-state index < -0.39 is 0 Å². The number of fused-ring (bicyclic) bond motifs is 1. The van der Waals surface area contributed by atoms with E-state index in [4.69, 9.17) is 9.47 Å². The number of nitrogens with one attached hydrogen (secondary N) is 2. The van der Waals surface area contributed by atoms with Gasteiger partial charge in [-0.15, -0.1) is 24.0 Å². The number of hydrogen-bond acceptors (Lipinski definition) is 4. The summed E-state index contributed by atoms with van der Waals surface area (Å²) in [5.74, 6) is 2.28. The highest BCUT2D eigenvalue weighted by atomic mass is 127. The van der Waals surface area contributed by atoms with Crippen LogP contribution in [0.5, 0.6) is 5.75 Å². The van der Waals surface area contributed by atoms with Crippen molar-refractivity contribution in [3.05, 3.63) is 65.2 Å². The number of nitrogens with zero attached hydrogens (tertiary/aromatic N) is 2. The first-order valence-corrected chi connectivity index (χ1v) is 10.9. The Hall–Kier alpha value is -1.84. The van der Waals surface area contributed by atoms with E-state index in [0.717, 1.165) is 70.7 Å². The van der Waals surface area contributed by atoms with E-state index in [0.29, 0.717) is 5.92 Å². The van der Waals surface area contributed by atoms with Crippen molar-refractivity contribution in [1.82, 2.24) is 15.5 Å². The van der Waals surface area contributed by atoms with Crippen LogP contribution >= 0.6 is 24.0 Å². The number of rotatable bonds is 6. The molecule has 0 bridgehead atoms. The quantitative estimate of drug-likeness (QED) is 0.337. The summed E-state index contributed by atoms with van der Waals surface area (Å²) in [6.45, 7) is 6.98. The van der Waals surface area contributed by atoms with Crippen molar-refractivity contribution in [3.63, 3.8) is 0 Å². The van der Waals surface area contributed by atoms with Crippen LogP contribution in [0.1, 0.15) is 29.0 Å². The molecule has 0 spiro atoms. The third kappa shape index (κ3) is 6.57. The Bertz CT molecular complexity index is 855. The van der Waals surface area contributed by atoms with Gasteiger partial charge in [-0.1, -0.05) is 42.5 Å². The van der Waals surface area contributed by atoms with Crippen LogP contribution < -0.4 is 15.4 Å². The Morgan fingerprint density at radius 2 is 1.74 bits per heavy atom. The largest absolute Gasteiger partial charge is 0.493 e. The molecule has 4 rings (SSSR count). The number of halogens is 1. The molecule has 168 valence electrons. The van der Waals surface area contributed by atoms with Gasteiger partial charge >= 0.3 is 0 Å². The van der Waals surface area contributed by atoms with Crippen molar-refractivity contribution in [1.29, 1.82) is 0 Å². The average Bonchev–Trinajstić information content (AvgIpc) is 2.81. The molecule has 0 radical (unpaired) electrons. The monoisotopic (exact) mass is 536 g/mol. The van der Waals surface area contributed by atoms with Crippen LogP contribution in [0.25, 0.3) is 0 Å². The third-order valence-electron chi connectivity index (χ3n) is 5.88. The normalized spacial score (nSPS) is 19.0. The molecule has 0 aliphatic carbocycles. The highest BCUT2D eigenvalue weighted by Gasteiger charge is 2.21. The summed E-state index contributed by atoms with van der Waals surface area (Å²) in [4.78, 5) is 6.88. The maximum atomic E-state index is 5.78. The van der Waals surface area contributed by atoms with Gasteiger partial charge in [0.05, 0.1) is 19.8 Å². The van der Waals surface area contributed by atoms with Crippen molar-refractivity contribution < 1.29 is 9.47 Å². The number of benzene rings is 2. The molecule has 1 saturated heterocycles. The second-order valence-electron chi connectivity index (χ2n) is 7.84. The van der Waals surface area contributed by atoms with E-state index in [-0.39, 0.29) is 24.0 Å². The molecule has 1 fully saturated rings. The molecule has 7 heteroatoms. The lowest BCUT2D eigenvalue weighted by Gasteiger charge is -2.28. The zero-order valence-corrected chi connectivity index (χ0v) is 20.5. The second kappa shape index (κ2) is 12.3. The van der Waals surface area contributed by atoms with Crippen molar-refractivity contribution in [2.75, 3.05) is 46.5 Å². The van der Waals surface area contributed by atoms with Gasteiger partial charge in [-0.05, 0) is 29.2 Å². The Labute approximate surface area is 202 Å². The van der Waals surface area contributed by atoms with Crippen LogP contribution in [-0.2, 0) is 17.8 Å². The van der Waals surface area contributed by atoms with Gasteiger partial charge in [0.25, 0.3) is 0 Å². The highest BCUT2D eigenvalue weighted by molar-refractivity contribution is 14.0. The summed E-state index contributed by atoms with van der Waals surface area (Å²) < 4.78 is 11.3. The first kappa shape index (κ1) is 23.8. The maximum absolute atomic E-state index is 5.78. The van der Waals surface area contributed by atoms with E-state index >= 15 is 0 Å². The minimum atomic E-state index is 0. The zero-order chi connectivity index (χ0) is 20.6. The molecule has 0 amide bonds. The molecule has 2 N–H and O–H groups in total. The summed E-state index contributed by atoms with van der Waals surface area (Å²) in [7, 11) is 1.83. The molecular weight excluding hydrogens is 503 g/mol. The predicted octanol–water partition coefficient (Wildman–Crippen LogP) is 3.37. The SMILES string of the molecule is CN=C(NCc1ccccc1CN1CCOCC1)NCC1CCOc2ccccc21.I. The summed E-state index contributed by atoms with van der Waals surface area (Å²) in [5.41, 5.74) is 3.95. The minimum absolute atomic E-state index is 0. The van der Waals surface area contributed by atoms with E-state index in [1.54, 1.807) is 0 Å². The van der Waals surface area contributed by atoms with E-state index in [1.165, 1.54) is 16.7 Å². The fraction of sp³-hybridized carbons (Fsp3) is 0.458. The fourth-order valence-corrected chi connectivity index (χ4v) is 4.13. The number of guanidine groups is 1. The predicted molar refractivity (Wildman–Crippen MR) is 135 cm³/mol. The molecule has 1 atom stereocenters. The van der Waals surface area contributed by atoms with E-state index in [9.17, 15) is 0 Å². The second-order valence-corrected chi connectivity index (χ2v) is 7.84. The van der Waals surface area contributed by atoms with Crippen LogP contribution in [-0.4, -0.2) is 57.4 Å². The van der Waals surface area contributed by atoms with Crippen LogP contribution in [0.2, 0.25) is 0 Å². The van der Waals surface area contributed by atoms with Crippen LogP contribution in [0.3, 0.4) is 0 Å². The molecule has 2 heterocycles. The number of para-hydroxylation sites is 1. The van der Waals surface area contributed by atoms with Gasteiger partial charge in [0, 0.05) is 45.7 Å². The van der Waals surface area contributed by atoms with E-state index in [1.807, 2.05) is 13.1 Å². The van der Waals surface area contributed by atoms with Gasteiger partial charge in [-0.3, -0.25) is 9.89 Å². The highest BCUT2D eigenvalue weighted by Crippen LogP contribution is 2.32. The molecule has 2 aliphatic heterocycles. The Morgan fingerprint density at radius 3 is 2.55 bits per heavy atom. The summed E-state index contributed by atoms with van der Waals surface area (Å²) >= 11 is 0. The van der Waals surface area contributed by atoms with Gasteiger partial charge in [0.1, 0.15) is 5.75 Å². The maximum Gasteiger partial charge on any atom is 0.191 e. The summed E-state index contributed by atoms with van der Waals surface area (Å²) in [6.07, 6.45) is 1.02. The lowest BCUT2D eigenvalue weighted by atomic mass is 9.93. The van der Waals surface area contributed by atoms with Crippen molar-refractivity contribution in [3.8, 4) is 5.75 Å². The molecule has 2 aliphatic rings. The molecule has 2 aromatic rings. The fourth-order valence-electron chi connectivity index (χ4n) is 4.13. The van der Waals surface area contributed by atoms with Gasteiger partial charge in [0.15, 0.2) is 5.96 Å². The number of aliphatic imine (C=N–C) groups is 1. The van der Waals surface area contributed by atoms with Crippen molar-refractivity contribution >= 4 is 29.9 Å². The summed E-state index contributed by atoms with van der Waals surface area (Å²) in [6, 6.07) is 17.0. The molecule has 0 saturated carbocycles. The van der Waals surface area contributed by atoms with Gasteiger partial charge < -0.3 is 20.1 Å². The van der Waals surface area contributed by atoms with Gasteiger partial charge in [0.2, 0.25) is 0 Å². The van der Waals surface area contributed by atoms with Crippen LogP contribution in [0, 0.1) is 0 Å². The standard InChI is InChI=1S/C24H32N4O2.HI/c1-25-24(27-17-20-10-13-30-23-9-5-4-8-22(20)23)26-16-19-6-2-3-7-21(19)18-28-11-14-29-15-12-28;/h2-9,20H,10-18H2,1H3,(H2,25,26,27);1H. The number of ether oxygens (including phenoxy) is 2. The minimum Gasteiger partial charge on any atom is -0.493 e. The zero-order valence-electron chi connectivity index (χ0n) is 18.2. The van der Waals surface area contributed by atoms with Crippen molar-refractivity contribution in [2.45, 2.75) is 25.4 Å². The lowest BCUT2D eigenvalue weighted by molar-refractivity contribution is 0.0341. The average molecular weight is 536 g/mol. The Morgan fingerprint density at radius 1 is 1.00 bits per heavy atom. The van der Waals surface area contributed by atoms with Gasteiger partial charge in [-0.25, -0.2) is 0 Å². The van der Waals surface area contributed by atoms with Crippen molar-refractivity contribution in [2.24, 2.45) is 4.99 Å². The number of hydrogen-bond donors (Lipinski definition) is 2. The van der Waals surface area contributed by atoms with Crippen LogP contribution in [0.15, 0.2) is 53.5 Å². The van der Waals surface area contributed by atoms with Crippen LogP contribution in [0.4, 0.5) is 0 Å². The third-order valence-corrected chi connectivity index (χ3v) is 5.88. The lowest BCUT2D eigenvalue weighted by Crippen LogP contribution is -2.40. The molecule has 6 nitrogen and oxygen atoms in total. The smallest absolute Gasteiger partial charge is 0.191 e. The Balaban J connectivity index is 0.00000272. The molecular formula is C24H33IN4O2. The Kier molecular flexibility index (Phi) is 9.42. The molecule has 1 unspecified atom stereocenters. The van der Waals surface area contributed by atoms with Gasteiger partial charge in [-0.2, -0.15) is 0 Å². The summed E-state index contributed by atoms with van der Waals surface area (Å²) in [5, 5.41) is 7.00. The first-order chi connectivity index (χ1) is 14.8. The number of morpholine rings is 1. The molecule has 2 aromatic carbocycles. The first-order valence-electron chi connectivity index (χ1n) is 10.9.